The van der Waals surface area contributed by atoms with Crippen molar-refractivity contribution < 1.29 is 4.74 Å². The van der Waals surface area contributed by atoms with E-state index < -0.39 is 0 Å². The van der Waals surface area contributed by atoms with Gasteiger partial charge in [-0.2, -0.15) is 5.26 Å². The van der Waals surface area contributed by atoms with Crippen molar-refractivity contribution in [3.8, 4) is 11.9 Å². The first kappa shape index (κ1) is 15.3. The van der Waals surface area contributed by atoms with Crippen molar-refractivity contribution in [1.29, 1.82) is 5.26 Å². The normalized spacial score (nSPS) is 10.3. The van der Waals surface area contributed by atoms with Crippen LogP contribution in [0.3, 0.4) is 0 Å². The van der Waals surface area contributed by atoms with Crippen LogP contribution < -0.4 is 10.5 Å². The second-order valence-corrected chi connectivity index (χ2v) is 5.25. The number of aromatic nitrogens is 1. The smallest absolute Gasteiger partial charge is 0.218 e. The van der Waals surface area contributed by atoms with Crippen molar-refractivity contribution in [2.45, 2.75) is 26.3 Å². The van der Waals surface area contributed by atoms with E-state index in [0.29, 0.717) is 35.4 Å². The van der Waals surface area contributed by atoms with E-state index >= 15 is 0 Å². The Morgan fingerprint density at radius 1 is 1.33 bits per heavy atom. The first-order chi connectivity index (χ1) is 10.2. The van der Waals surface area contributed by atoms with Crippen LogP contribution >= 0.6 is 11.6 Å². The van der Waals surface area contributed by atoms with Gasteiger partial charge in [0.1, 0.15) is 11.8 Å². The molecule has 2 N–H and O–H groups in total. The fourth-order valence-electron chi connectivity index (χ4n) is 2.05. The number of nitrogens with two attached hydrogens (primary N) is 1. The largest absolute Gasteiger partial charge is 0.477 e. The maximum atomic E-state index is 9.25. The molecule has 0 saturated heterocycles. The van der Waals surface area contributed by atoms with E-state index in [1.807, 2.05) is 24.3 Å². The molecule has 0 aliphatic heterocycles. The minimum atomic E-state index is 0.494. The van der Waals surface area contributed by atoms with Crippen LogP contribution in [0.25, 0.3) is 0 Å². The van der Waals surface area contributed by atoms with E-state index in [1.165, 1.54) is 0 Å². The highest BCUT2D eigenvalue weighted by Gasteiger charge is 2.14. The second-order valence-electron chi connectivity index (χ2n) is 4.82. The van der Waals surface area contributed by atoms with Gasteiger partial charge in [0.25, 0.3) is 0 Å². The Labute approximate surface area is 129 Å². The zero-order chi connectivity index (χ0) is 15.2. The zero-order valence-electron chi connectivity index (χ0n) is 12.0. The third-order valence-electron chi connectivity index (χ3n) is 3.18. The number of nitriles is 1. The molecule has 2 aromatic rings. The molecule has 21 heavy (non-hydrogen) atoms. The fraction of sp³-hybridized carbons (Fsp3) is 0.312. The summed E-state index contributed by atoms with van der Waals surface area (Å²) >= 11 is 5.89. The number of nitrogen functional groups attached to an aromatic ring is 1. The lowest BCUT2D eigenvalue weighted by Crippen LogP contribution is -2.08. The fourth-order valence-corrected chi connectivity index (χ4v) is 2.17. The molecule has 0 aliphatic rings. The summed E-state index contributed by atoms with van der Waals surface area (Å²) in [4.78, 5) is 0. The van der Waals surface area contributed by atoms with Crippen molar-refractivity contribution in [3.05, 3.63) is 46.6 Å². The third kappa shape index (κ3) is 3.71. The molecule has 2 rings (SSSR count). The van der Waals surface area contributed by atoms with Crippen LogP contribution in [-0.4, -0.2) is 11.2 Å². The predicted molar refractivity (Wildman–Crippen MR) is 84.5 cm³/mol. The monoisotopic (exact) mass is 303 g/mol. The lowest BCUT2D eigenvalue weighted by atomic mass is 10.2. The molecule has 0 radical (unpaired) electrons. The SMILES string of the molecule is CCCCOc1c(N)cc(C#N)n1Cc1ccc(Cl)cc1. The van der Waals surface area contributed by atoms with Crippen LogP contribution in [0.15, 0.2) is 30.3 Å². The number of hydrogen-bond donors (Lipinski definition) is 1. The molecule has 0 unspecified atom stereocenters. The Hall–Kier alpha value is -2.12. The molecule has 0 amide bonds. The van der Waals surface area contributed by atoms with Crippen molar-refractivity contribution >= 4 is 17.3 Å². The zero-order valence-corrected chi connectivity index (χ0v) is 12.7. The Balaban J connectivity index is 2.27. The van der Waals surface area contributed by atoms with Gasteiger partial charge in [0.05, 0.1) is 18.8 Å². The number of halogens is 1. The molecule has 0 bridgehead atoms. The van der Waals surface area contributed by atoms with Gasteiger partial charge in [0.15, 0.2) is 0 Å². The molecule has 0 spiro atoms. The average Bonchev–Trinajstić information content (AvgIpc) is 2.78. The van der Waals surface area contributed by atoms with Crippen LogP contribution in [0.4, 0.5) is 5.69 Å². The van der Waals surface area contributed by atoms with Crippen LogP contribution in [0.2, 0.25) is 5.02 Å². The number of benzene rings is 1. The molecular weight excluding hydrogens is 286 g/mol. The third-order valence-corrected chi connectivity index (χ3v) is 3.43. The quantitative estimate of drug-likeness (QED) is 0.825. The average molecular weight is 304 g/mol. The predicted octanol–water partition coefficient (Wildman–Crippen LogP) is 3.82. The Morgan fingerprint density at radius 3 is 2.67 bits per heavy atom. The van der Waals surface area contributed by atoms with E-state index in [2.05, 4.69) is 13.0 Å². The molecule has 110 valence electrons. The number of hydrogen-bond acceptors (Lipinski definition) is 3. The molecule has 1 heterocycles. The topological polar surface area (TPSA) is 64.0 Å². The van der Waals surface area contributed by atoms with Gasteiger partial charge in [-0.1, -0.05) is 37.1 Å². The summed E-state index contributed by atoms with van der Waals surface area (Å²) in [7, 11) is 0. The number of nitrogens with zero attached hydrogens (tertiary/aromatic N) is 2. The first-order valence-corrected chi connectivity index (χ1v) is 7.29. The molecule has 0 saturated carbocycles. The van der Waals surface area contributed by atoms with Gasteiger partial charge in [-0.3, -0.25) is 4.57 Å². The second kappa shape index (κ2) is 7.05. The van der Waals surface area contributed by atoms with Crippen LogP contribution in [0, 0.1) is 11.3 Å². The van der Waals surface area contributed by atoms with Gasteiger partial charge in [-0.15, -0.1) is 0 Å². The summed E-state index contributed by atoms with van der Waals surface area (Å²) < 4.78 is 7.55. The number of unbranched alkanes of at least 4 members (excludes halogenated alkanes) is 1. The van der Waals surface area contributed by atoms with E-state index in [1.54, 1.807) is 10.6 Å². The van der Waals surface area contributed by atoms with Crippen molar-refractivity contribution in [2.75, 3.05) is 12.3 Å². The lowest BCUT2D eigenvalue weighted by Gasteiger charge is -2.12. The van der Waals surface area contributed by atoms with Crippen molar-refractivity contribution in [1.82, 2.24) is 4.57 Å². The molecule has 0 fully saturated rings. The highest BCUT2D eigenvalue weighted by molar-refractivity contribution is 6.30. The summed E-state index contributed by atoms with van der Waals surface area (Å²) in [6.45, 7) is 3.22. The lowest BCUT2D eigenvalue weighted by molar-refractivity contribution is 0.287. The summed E-state index contributed by atoms with van der Waals surface area (Å²) in [5, 5.41) is 9.93. The maximum absolute atomic E-state index is 9.25. The Morgan fingerprint density at radius 2 is 2.05 bits per heavy atom. The highest BCUT2D eigenvalue weighted by Crippen LogP contribution is 2.28. The van der Waals surface area contributed by atoms with E-state index in [4.69, 9.17) is 22.1 Å². The number of anilines is 1. The van der Waals surface area contributed by atoms with Crippen molar-refractivity contribution in [3.63, 3.8) is 0 Å². The minimum absolute atomic E-state index is 0.494. The van der Waals surface area contributed by atoms with Crippen LogP contribution in [0.1, 0.15) is 31.0 Å². The Bertz CT molecular complexity index is 641. The molecular formula is C16H18ClN3O. The van der Waals surface area contributed by atoms with E-state index in [9.17, 15) is 5.26 Å². The van der Waals surface area contributed by atoms with Crippen LogP contribution in [-0.2, 0) is 6.54 Å². The van der Waals surface area contributed by atoms with Gasteiger partial charge in [0.2, 0.25) is 5.88 Å². The minimum Gasteiger partial charge on any atom is -0.477 e. The summed E-state index contributed by atoms with van der Waals surface area (Å²) in [6.07, 6.45) is 2.00. The van der Waals surface area contributed by atoms with E-state index in [-0.39, 0.29) is 0 Å². The highest BCUT2D eigenvalue weighted by atomic mass is 35.5. The molecule has 1 aromatic carbocycles. The van der Waals surface area contributed by atoms with Crippen LogP contribution in [0.5, 0.6) is 5.88 Å². The molecule has 5 heteroatoms. The van der Waals surface area contributed by atoms with Gasteiger partial charge < -0.3 is 10.5 Å². The van der Waals surface area contributed by atoms with Crippen molar-refractivity contribution in [2.24, 2.45) is 0 Å². The Kier molecular flexibility index (Phi) is 5.13. The number of ether oxygens (including phenoxy) is 1. The molecule has 0 atom stereocenters. The molecule has 4 nitrogen and oxygen atoms in total. The van der Waals surface area contributed by atoms with Gasteiger partial charge in [-0.25, -0.2) is 0 Å². The summed E-state index contributed by atoms with van der Waals surface area (Å²) in [5.74, 6) is 0.565. The maximum Gasteiger partial charge on any atom is 0.218 e. The van der Waals surface area contributed by atoms with Gasteiger partial charge in [0, 0.05) is 11.1 Å². The van der Waals surface area contributed by atoms with Gasteiger partial charge >= 0.3 is 0 Å². The summed E-state index contributed by atoms with van der Waals surface area (Å²) in [6, 6.07) is 11.3. The van der Waals surface area contributed by atoms with Gasteiger partial charge in [-0.05, 0) is 24.1 Å². The molecule has 0 aliphatic carbocycles. The number of rotatable bonds is 6. The first-order valence-electron chi connectivity index (χ1n) is 6.92. The van der Waals surface area contributed by atoms with E-state index in [0.717, 1.165) is 18.4 Å². The molecule has 1 aromatic heterocycles. The summed E-state index contributed by atoms with van der Waals surface area (Å²) in [5.41, 5.74) is 7.99. The standard InChI is InChI=1S/C16H18ClN3O/c1-2-3-8-21-16-15(19)9-14(10-18)20(16)11-12-4-6-13(17)7-5-12/h4-7,9H,2-3,8,11,19H2,1H3.